The molecule has 1 nitrogen and oxygen atoms in total. The summed E-state index contributed by atoms with van der Waals surface area (Å²) in [6.07, 6.45) is 0. The fraction of sp³-hybridized carbons (Fsp3) is 0.600. The average molecular weight is 298 g/mol. The molecule has 0 radical (unpaired) electrons. The predicted molar refractivity (Wildman–Crippen MR) is 79.9 cm³/mol. The molecule has 96 valence electrons. The molecule has 0 N–H and O–H groups in total. The quantitative estimate of drug-likeness (QED) is 0.753. The summed E-state index contributed by atoms with van der Waals surface area (Å²) in [7, 11) is 2.17. The number of halogens is 1. The van der Waals surface area contributed by atoms with Crippen LogP contribution in [0.25, 0.3) is 0 Å². The molecule has 17 heavy (non-hydrogen) atoms. The molecule has 0 bridgehead atoms. The first-order chi connectivity index (χ1) is 7.84. The van der Waals surface area contributed by atoms with Gasteiger partial charge in [-0.05, 0) is 30.5 Å². The molecule has 0 aliphatic heterocycles. The van der Waals surface area contributed by atoms with Crippen LogP contribution in [0.4, 0.5) is 0 Å². The smallest absolute Gasteiger partial charge is 0.0233 e. The van der Waals surface area contributed by atoms with Crippen LogP contribution in [0.1, 0.15) is 38.8 Å². The highest BCUT2D eigenvalue weighted by molar-refractivity contribution is 9.09. The van der Waals surface area contributed by atoms with Gasteiger partial charge in [0.25, 0.3) is 0 Å². The van der Waals surface area contributed by atoms with Crippen molar-refractivity contribution in [3.8, 4) is 0 Å². The molecular formula is C15H24BrN. The lowest BCUT2D eigenvalue weighted by Crippen LogP contribution is -2.29. The molecule has 1 aromatic carbocycles. The van der Waals surface area contributed by atoms with Crippen LogP contribution in [0.3, 0.4) is 0 Å². The van der Waals surface area contributed by atoms with E-state index >= 15 is 0 Å². The molecule has 0 saturated heterocycles. The molecule has 1 atom stereocenters. The maximum absolute atomic E-state index is 3.52. The van der Waals surface area contributed by atoms with Gasteiger partial charge in [-0.25, -0.2) is 0 Å². The third-order valence-corrected chi connectivity index (χ3v) is 4.16. The topological polar surface area (TPSA) is 3.24 Å². The van der Waals surface area contributed by atoms with E-state index in [2.05, 4.69) is 79.8 Å². The van der Waals surface area contributed by atoms with Gasteiger partial charge < -0.3 is 0 Å². The average Bonchev–Trinajstić information content (AvgIpc) is 2.27. The van der Waals surface area contributed by atoms with Crippen molar-refractivity contribution >= 4 is 15.9 Å². The van der Waals surface area contributed by atoms with Crippen molar-refractivity contribution in [1.82, 2.24) is 4.90 Å². The lowest BCUT2D eigenvalue weighted by atomic mass is 9.87. The standard InChI is InChI=1S/C15H24BrN/c1-12(10-16)17(5)11-13-6-8-14(9-7-13)15(2,3)4/h6-9,12H,10-11H2,1-5H3. The number of hydrogen-bond acceptors (Lipinski definition) is 1. The van der Waals surface area contributed by atoms with Crippen LogP contribution in [-0.2, 0) is 12.0 Å². The van der Waals surface area contributed by atoms with Crippen LogP contribution in [0.15, 0.2) is 24.3 Å². The predicted octanol–water partition coefficient (Wildman–Crippen LogP) is 4.20. The second-order valence-electron chi connectivity index (χ2n) is 5.87. The molecule has 2 heteroatoms. The highest BCUT2D eigenvalue weighted by Crippen LogP contribution is 2.22. The Morgan fingerprint density at radius 3 is 2.12 bits per heavy atom. The van der Waals surface area contributed by atoms with Gasteiger partial charge in [0.05, 0.1) is 0 Å². The van der Waals surface area contributed by atoms with Crippen LogP contribution in [0.2, 0.25) is 0 Å². The molecule has 0 aliphatic rings. The van der Waals surface area contributed by atoms with Crippen molar-refractivity contribution in [2.45, 2.75) is 45.7 Å². The van der Waals surface area contributed by atoms with E-state index in [9.17, 15) is 0 Å². The monoisotopic (exact) mass is 297 g/mol. The second-order valence-corrected chi connectivity index (χ2v) is 6.51. The number of nitrogens with zero attached hydrogens (tertiary/aromatic N) is 1. The van der Waals surface area contributed by atoms with Gasteiger partial charge in [-0.15, -0.1) is 0 Å². The normalized spacial score (nSPS) is 14.1. The van der Waals surface area contributed by atoms with Gasteiger partial charge in [-0.3, -0.25) is 4.90 Å². The number of alkyl halides is 1. The SMILES string of the molecule is CC(CBr)N(C)Cc1ccc(C(C)(C)C)cc1. The molecule has 0 saturated carbocycles. The fourth-order valence-corrected chi connectivity index (χ4v) is 2.17. The molecule has 0 fully saturated rings. The summed E-state index contributed by atoms with van der Waals surface area (Å²) in [6, 6.07) is 9.57. The van der Waals surface area contributed by atoms with Crippen LogP contribution in [-0.4, -0.2) is 23.3 Å². The van der Waals surface area contributed by atoms with E-state index in [4.69, 9.17) is 0 Å². The molecule has 0 spiro atoms. The first kappa shape index (κ1) is 14.7. The van der Waals surface area contributed by atoms with Crippen molar-refractivity contribution in [2.75, 3.05) is 12.4 Å². The molecule has 0 amide bonds. The highest BCUT2D eigenvalue weighted by Gasteiger charge is 2.13. The van der Waals surface area contributed by atoms with Gasteiger partial charge in [0.1, 0.15) is 0 Å². The van der Waals surface area contributed by atoms with Crippen molar-refractivity contribution in [2.24, 2.45) is 0 Å². The molecule has 0 aliphatic carbocycles. The Morgan fingerprint density at radius 2 is 1.71 bits per heavy atom. The zero-order valence-electron chi connectivity index (χ0n) is 11.6. The summed E-state index contributed by atoms with van der Waals surface area (Å²) >= 11 is 3.52. The maximum Gasteiger partial charge on any atom is 0.0233 e. The molecule has 1 rings (SSSR count). The van der Waals surface area contributed by atoms with Crippen LogP contribution < -0.4 is 0 Å². The Balaban J connectivity index is 2.69. The zero-order valence-corrected chi connectivity index (χ0v) is 13.2. The van der Waals surface area contributed by atoms with E-state index in [1.807, 2.05) is 0 Å². The first-order valence-corrected chi connectivity index (χ1v) is 7.32. The summed E-state index contributed by atoms with van der Waals surface area (Å²) in [5.74, 6) is 0. The van der Waals surface area contributed by atoms with Crippen molar-refractivity contribution in [3.63, 3.8) is 0 Å². The van der Waals surface area contributed by atoms with E-state index in [0.29, 0.717) is 6.04 Å². The minimum absolute atomic E-state index is 0.244. The zero-order chi connectivity index (χ0) is 13.1. The number of benzene rings is 1. The molecular weight excluding hydrogens is 274 g/mol. The summed E-state index contributed by atoms with van der Waals surface area (Å²) in [5, 5.41) is 1.02. The van der Waals surface area contributed by atoms with Crippen LogP contribution >= 0.6 is 15.9 Å². The van der Waals surface area contributed by atoms with Crippen molar-refractivity contribution in [1.29, 1.82) is 0 Å². The summed E-state index contributed by atoms with van der Waals surface area (Å²) in [4.78, 5) is 2.36. The van der Waals surface area contributed by atoms with Gasteiger partial charge in [0.15, 0.2) is 0 Å². The van der Waals surface area contributed by atoms with Gasteiger partial charge in [0.2, 0.25) is 0 Å². The first-order valence-electron chi connectivity index (χ1n) is 6.20. The van der Waals surface area contributed by atoms with Crippen LogP contribution in [0, 0.1) is 0 Å². The summed E-state index contributed by atoms with van der Waals surface area (Å²) < 4.78 is 0. The maximum atomic E-state index is 3.52. The highest BCUT2D eigenvalue weighted by atomic mass is 79.9. The van der Waals surface area contributed by atoms with E-state index in [-0.39, 0.29) is 5.41 Å². The molecule has 1 unspecified atom stereocenters. The fourth-order valence-electron chi connectivity index (χ4n) is 1.67. The molecule has 0 heterocycles. The van der Waals surface area contributed by atoms with Gasteiger partial charge in [0, 0.05) is 17.9 Å². The van der Waals surface area contributed by atoms with Crippen LogP contribution in [0.5, 0.6) is 0 Å². The van der Waals surface area contributed by atoms with Crippen molar-refractivity contribution in [3.05, 3.63) is 35.4 Å². The third-order valence-electron chi connectivity index (χ3n) is 3.23. The Hall–Kier alpha value is -0.340. The van der Waals surface area contributed by atoms with Crippen molar-refractivity contribution < 1.29 is 0 Å². The molecule has 0 aromatic heterocycles. The van der Waals surface area contributed by atoms with Gasteiger partial charge in [-0.1, -0.05) is 61.0 Å². The summed E-state index contributed by atoms with van der Waals surface area (Å²) in [5.41, 5.74) is 3.03. The minimum Gasteiger partial charge on any atom is -0.299 e. The molecule has 1 aromatic rings. The number of rotatable bonds is 4. The Bertz CT molecular complexity index is 337. The Kier molecular flexibility index (Phi) is 5.21. The minimum atomic E-state index is 0.244. The lowest BCUT2D eigenvalue weighted by Gasteiger charge is -2.24. The lowest BCUT2D eigenvalue weighted by molar-refractivity contribution is 0.270. The summed E-state index contributed by atoms with van der Waals surface area (Å²) in [6.45, 7) is 10.00. The largest absolute Gasteiger partial charge is 0.299 e. The van der Waals surface area contributed by atoms with E-state index in [0.717, 1.165) is 11.9 Å². The second kappa shape index (κ2) is 6.01. The van der Waals surface area contributed by atoms with Gasteiger partial charge >= 0.3 is 0 Å². The number of hydrogen-bond donors (Lipinski definition) is 0. The van der Waals surface area contributed by atoms with E-state index in [1.54, 1.807) is 0 Å². The van der Waals surface area contributed by atoms with Gasteiger partial charge in [-0.2, -0.15) is 0 Å². The Labute approximate surface area is 114 Å². The Morgan fingerprint density at radius 1 is 1.18 bits per heavy atom. The third kappa shape index (κ3) is 4.44. The van der Waals surface area contributed by atoms with E-state index < -0.39 is 0 Å². The van der Waals surface area contributed by atoms with E-state index in [1.165, 1.54) is 11.1 Å².